The van der Waals surface area contributed by atoms with Crippen LogP contribution in [0.2, 0.25) is 0 Å². The molecule has 0 spiro atoms. The van der Waals surface area contributed by atoms with Crippen LogP contribution >= 0.6 is 0 Å². The van der Waals surface area contributed by atoms with Crippen molar-refractivity contribution in [2.45, 2.75) is 39.2 Å². The van der Waals surface area contributed by atoms with E-state index in [0.717, 1.165) is 244 Å². The van der Waals surface area contributed by atoms with E-state index in [0.29, 0.717) is 0 Å². The molecule has 0 saturated heterocycles. The highest BCUT2D eigenvalue weighted by Crippen LogP contribution is 2.56. The molecule has 15 aromatic rings. The zero-order chi connectivity index (χ0) is 97.7. The molecule has 5 heterocycles. The molecule has 136 heavy (non-hydrogen) atoms. The van der Waals surface area contributed by atoms with Gasteiger partial charge in [-0.15, -0.1) is 0 Å². The molecule has 0 aliphatic carbocycles. The van der Waals surface area contributed by atoms with Gasteiger partial charge in [-0.1, -0.05) is 0 Å². The Kier molecular flexibility index (Phi) is 23.2. The van der Waals surface area contributed by atoms with Crippen LogP contribution in [0, 0.1) is 46.5 Å². The molecule has 2 aliphatic rings. The van der Waals surface area contributed by atoms with E-state index in [1.807, 2.05) is 0 Å². The van der Waals surface area contributed by atoms with E-state index < -0.39 is 307 Å². The van der Waals surface area contributed by atoms with E-state index in [-0.39, 0.29) is 39.2 Å². The van der Waals surface area contributed by atoms with Crippen LogP contribution in [0.5, 0.6) is 92.0 Å². The van der Waals surface area contributed by atoms with Gasteiger partial charge in [0.2, 0.25) is 46.0 Å². The molecular formula is C88H58F8N8O24S8. The highest BCUT2D eigenvalue weighted by atomic mass is 32.2. The summed E-state index contributed by atoms with van der Waals surface area (Å²) in [4.78, 5) is 29.3. The van der Waals surface area contributed by atoms with Crippen LogP contribution in [0.1, 0.15) is 0 Å². The van der Waals surface area contributed by atoms with Crippen molar-refractivity contribution in [3.05, 3.63) is 241 Å². The van der Waals surface area contributed by atoms with E-state index in [2.05, 4.69) is 39.9 Å². The van der Waals surface area contributed by atoms with Gasteiger partial charge in [0.05, 0.1) is 83.0 Å². The van der Waals surface area contributed by atoms with Crippen molar-refractivity contribution >= 4 is 123 Å². The summed E-state index contributed by atoms with van der Waals surface area (Å²) in [5.74, 6) is -34.6. The lowest BCUT2D eigenvalue weighted by molar-refractivity contribution is 0.376. The molecule has 3 aromatic heterocycles. The predicted octanol–water partition coefficient (Wildman–Crippen LogP) is 17.5. The molecule has 48 heteroatoms. The number of sulfone groups is 8. The lowest BCUT2D eigenvalue weighted by atomic mass is 10.0. The van der Waals surface area contributed by atoms with Gasteiger partial charge in [0.25, 0.3) is 0 Å². The predicted molar refractivity (Wildman–Crippen MR) is 473 cm³/mol. The van der Waals surface area contributed by atoms with Gasteiger partial charge in [0.15, 0.2) is 149 Å². The maximum absolute atomic E-state index is 19.4. The fourth-order valence-electron chi connectivity index (χ4n) is 14.0. The summed E-state index contributed by atoms with van der Waals surface area (Å²) in [6.45, 7) is 0. The highest BCUT2D eigenvalue weighted by molar-refractivity contribution is 7.92. The lowest BCUT2D eigenvalue weighted by Gasteiger charge is -2.17. The summed E-state index contributed by atoms with van der Waals surface area (Å²) in [5.41, 5.74) is -9.79. The monoisotopic (exact) mass is 2020 g/mol. The minimum Gasteiger partial charge on any atom is -0.450 e. The average molecular weight is 2020 g/mol. The van der Waals surface area contributed by atoms with Crippen LogP contribution < -0.4 is 37.9 Å². The number of ether oxygens (including phenoxy) is 8. The van der Waals surface area contributed by atoms with Crippen LogP contribution in [0.25, 0.3) is 89.7 Å². The van der Waals surface area contributed by atoms with E-state index in [4.69, 9.17) is 37.9 Å². The number of nitrogens with one attached hydrogen (secondary N) is 2. The Morgan fingerprint density at radius 1 is 0.184 bits per heavy atom. The molecule has 0 saturated carbocycles. The Bertz CT molecular complexity index is 7860. The lowest BCUT2D eigenvalue weighted by Crippen LogP contribution is -2.02. The fourth-order valence-corrected chi connectivity index (χ4v) is 19.0. The molecule has 698 valence electrons. The van der Waals surface area contributed by atoms with E-state index in [1.165, 1.54) is 0 Å². The molecule has 32 nitrogen and oxygen atoms in total. The number of aromatic amines is 2. The number of halogens is 8. The van der Waals surface area contributed by atoms with Crippen molar-refractivity contribution in [2.75, 3.05) is 50.0 Å². The number of hydrogen-bond donors (Lipinski definition) is 2. The van der Waals surface area contributed by atoms with Gasteiger partial charge < -0.3 is 47.9 Å². The zero-order valence-electron chi connectivity index (χ0n) is 70.2. The van der Waals surface area contributed by atoms with Gasteiger partial charge in [-0.25, -0.2) is 132 Å². The Morgan fingerprint density at radius 3 is 0.419 bits per heavy atom. The molecule has 2 aliphatic heterocycles. The third kappa shape index (κ3) is 18.0. The first-order valence-electron chi connectivity index (χ1n) is 38.6. The standard InChI is InChI=1S/C88H58F8N8O24S8/c1-129(105,106)49-25-9-41(10-26-49)121-73-65(89)57-58(66(90)74(73)122-42-11-27-50(28-12-42)130(2,107)108)82-97-81(57)101-83-59-60(68(92)76(124-44-15-31-52(32-16-44)132(4,111)112)75(67(59)91)123-43-13-29-51(30-14-43)131(3,109)110)85(98-83)103-87-63-64(72(96)80(128-48-23-39-56(40-24-48)136(8,119)120)79(71(63)95)127-47-21-37-55(38-22-47)135(7,117)118)88(100-87)104-86-62-61(84(99-86)102-82)69(93)77(125-45-17-33-53(34-18-45)133(5,113)114)78(70(62)94)126-46-19-35-54(36-20-46)134(6,115)116/h9-40H,1-8H3,(H2,97,98,99,100,101,102,103,104). The maximum atomic E-state index is 19.4. The Balaban J connectivity index is 1.06. The van der Waals surface area contributed by atoms with E-state index >= 15 is 35.1 Å². The molecule has 0 atom stereocenters. The summed E-state index contributed by atoms with van der Waals surface area (Å²) >= 11 is 0. The molecule has 0 fully saturated rings. The SMILES string of the molecule is CS(=O)(=O)c1ccc(Oc2c(F)c3c(c(F)c2Oc2ccc(S(C)(=O)=O)cc2)-c2nc-3nc3[nH]c(nc4nc(nc5[nH]c(n2)c2c(F)c(Oc6ccc(S(C)(=O)=O)cc6)c(Oc6ccc(S(C)(=O)=O)cc6)c(F)c52)-c2c(F)c(Oc5ccc(S(C)(=O)=O)cc5)c(Oc5ccc(S(C)(=O)=O)cc5)c(F)c2-4)c2c(F)c(Oc4ccc(S(C)(=O)=O)cc4)c(Oc4ccc(S(C)(=O)=O)cc4)c(F)c32)cc1. The molecular weight excluding hydrogens is 1960 g/mol. The summed E-state index contributed by atoms with van der Waals surface area (Å²) in [5, 5.41) is -4.98. The molecule has 2 N–H and O–H groups in total. The third-order valence-electron chi connectivity index (χ3n) is 20.6. The van der Waals surface area contributed by atoms with Gasteiger partial charge in [0.1, 0.15) is 68.6 Å². The molecule has 17 rings (SSSR count). The number of fused-ring (bicyclic) bond motifs is 20. The van der Waals surface area contributed by atoms with Crippen molar-refractivity contribution in [1.29, 1.82) is 0 Å². The smallest absolute Gasteiger partial charge is 0.209 e. The van der Waals surface area contributed by atoms with Crippen LogP contribution in [-0.4, -0.2) is 157 Å². The minimum atomic E-state index is -4.02. The first-order chi connectivity index (χ1) is 63.7. The van der Waals surface area contributed by atoms with Gasteiger partial charge in [-0.05, 0) is 194 Å². The van der Waals surface area contributed by atoms with Crippen LogP contribution in [0.3, 0.4) is 0 Å². The van der Waals surface area contributed by atoms with Gasteiger partial charge in [-0.3, -0.25) is 0 Å². The molecule has 8 bridgehead atoms. The van der Waals surface area contributed by atoms with Gasteiger partial charge in [0, 0.05) is 50.0 Å². The topological polar surface area (TPSA) is 456 Å². The van der Waals surface area contributed by atoms with Crippen molar-refractivity contribution in [3.63, 3.8) is 0 Å². The molecule has 0 unspecified atom stereocenters. The first-order valence-corrected chi connectivity index (χ1v) is 53.7. The summed E-state index contributed by atoms with van der Waals surface area (Å²) in [7, 11) is -32.2. The second kappa shape index (κ2) is 33.8. The van der Waals surface area contributed by atoms with Crippen LogP contribution in [-0.2, 0) is 78.7 Å². The number of H-pyrrole nitrogens is 2. The van der Waals surface area contributed by atoms with Gasteiger partial charge >= 0.3 is 0 Å². The van der Waals surface area contributed by atoms with Crippen molar-refractivity contribution in [1.82, 2.24) is 39.9 Å². The second-order valence-corrected chi connectivity index (χ2v) is 46.6. The van der Waals surface area contributed by atoms with Crippen LogP contribution in [0.15, 0.2) is 233 Å². The van der Waals surface area contributed by atoms with E-state index in [9.17, 15) is 67.3 Å². The highest BCUT2D eigenvalue weighted by Gasteiger charge is 2.41. The quantitative estimate of drug-likeness (QED) is 0.0531. The molecule has 0 amide bonds. The Labute approximate surface area is 765 Å². The number of nitrogens with zero attached hydrogens (tertiary/aromatic N) is 6. The first kappa shape index (κ1) is 93.3. The number of benzene rings is 12. The van der Waals surface area contributed by atoms with Crippen molar-refractivity contribution in [2.24, 2.45) is 0 Å². The average Bonchev–Trinajstić information content (AvgIpc) is 1.56. The number of hydrogen-bond acceptors (Lipinski definition) is 30. The van der Waals surface area contributed by atoms with E-state index in [1.54, 1.807) is 0 Å². The van der Waals surface area contributed by atoms with Crippen molar-refractivity contribution < 1.29 is 140 Å². The fraction of sp³-hybridized carbons (Fsp3) is 0.0909. The largest absolute Gasteiger partial charge is 0.450 e. The zero-order valence-corrected chi connectivity index (χ0v) is 76.8. The Morgan fingerprint density at radius 2 is 0.301 bits per heavy atom. The summed E-state index contributed by atoms with van der Waals surface area (Å²) in [6.07, 6.45) is 6.65. The van der Waals surface area contributed by atoms with Crippen LogP contribution in [0.4, 0.5) is 35.1 Å². The normalized spacial score (nSPS) is 12.6. The molecule has 0 radical (unpaired) electrons. The molecule has 12 aromatic carbocycles. The summed E-state index contributed by atoms with van der Waals surface area (Å²) < 4.78 is 409. The minimum absolute atomic E-state index is 0.343. The van der Waals surface area contributed by atoms with Gasteiger partial charge in [-0.2, -0.15) is 0 Å². The third-order valence-corrected chi connectivity index (χ3v) is 29.6. The van der Waals surface area contributed by atoms with Crippen molar-refractivity contribution in [3.8, 4) is 138 Å². The Hall–Kier alpha value is -14.6. The summed E-state index contributed by atoms with van der Waals surface area (Å²) in [6, 6.07) is 31.3. The number of rotatable bonds is 24. The maximum Gasteiger partial charge on any atom is 0.209 e. The second-order valence-electron chi connectivity index (χ2n) is 30.5. The number of aromatic nitrogens is 8.